The molecule has 1 aromatic heterocycles. The second-order valence-electron chi connectivity index (χ2n) is 5.51. The molecular formula is C14H24N4O. The topological polar surface area (TPSA) is 61.3 Å². The van der Waals surface area contributed by atoms with Gasteiger partial charge in [0, 0.05) is 31.9 Å². The van der Waals surface area contributed by atoms with Crippen LogP contribution < -0.4 is 10.2 Å². The molecule has 0 aliphatic heterocycles. The fourth-order valence-corrected chi connectivity index (χ4v) is 2.70. The number of aliphatic hydroxyl groups is 1. The van der Waals surface area contributed by atoms with Gasteiger partial charge in [0.25, 0.3) is 0 Å². The number of nitrogens with zero attached hydrogens (tertiary/aromatic N) is 3. The molecule has 1 aliphatic carbocycles. The maximum atomic E-state index is 10.5. The molecule has 0 bridgehead atoms. The predicted octanol–water partition coefficient (Wildman–Crippen LogP) is 1.96. The predicted molar refractivity (Wildman–Crippen MR) is 77.6 cm³/mol. The standard InChI is InChI=1S/C14H24N4O/c1-4-15-13-16-11(2)9-12(17-13)18(3)10-14(19)7-5-6-8-14/h9,19H,4-8,10H2,1-3H3,(H,15,16,17). The first kappa shape index (κ1) is 14.1. The minimum Gasteiger partial charge on any atom is -0.388 e. The van der Waals surface area contributed by atoms with Crippen molar-refractivity contribution in [2.75, 3.05) is 30.4 Å². The van der Waals surface area contributed by atoms with Gasteiger partial charge >= 0.3 is 0 Å². The summed E-state index contributed by atoms with van der Waals surface area (Å²) >= 11 is 0. The third kappa shape index (κ3) is 3.56. The number of hydrogen-bond donors (Lipinski definition) is 2. The minimum atomic E-state index is -0.550. The number of hydrogen-bond acceptors (Lipinski definition) is 5. The number of aromatic nitrogens is 2. The molecule has 0 unspecified atom stereocenters. The first-order valence-electron chi connectivity index (χ1n) is 7.05. The molecule has 0 aromatic carbocycles. The first-order chi connectivity index (χ1) is 9.02. The van der Waals surface area contributed by atoms with Gasteiger partial charge in [-0.3, -0.25) is 0 Å². The normalized spacial score (nSPS) is 17.5. The van der Waals surface area contributed by atoms with Crippen molar-refractivity contribution >= 4 is 11.8 Å². The highest BCUT2D eigenvalue weighted by molar-refractivity contribution is 5.44. The molecular weight excluding hydrogens is 240 g/mol. The van der Waals surface area contributed by atoms with Crippen LogP contribution >= 0.6 is 0 Å². The smallest absolute Gasteiger partial charge is 0.224 e. The monoisotopic (exact) mass is 264 g/mol. The zero-order valence-corrected chi connectivity index (χ0v) is 12.1. The average Bonchev–Trinajstić information content (AvgIpc) is 2.75. The van der Waals surface area contributed by atoms with E-state index >= 15 is 0 Å². The van der Waals surface area contributed by atoms with Gasteiger partial charge in [-0.1, -0.05) is 12.8 Å². The summed E-state index contributed by atoms with van der Waals surface area (Å²) in [5.41, 5.74) is 0.387. The van der Waals surface area contributed by atoms with Crippen LogP contribution in [0.1, 0.15) is 38.3 Å². The lowest BCUT2D eigenvalue weighted by molar-refractivity contribution is 0.0558. The van der Waals surface area contributed by atoms with Crippen LogP contribution in [0.3, 0.4) is 0 Å². The summed E-state index contributed by atoms with van der Waals surface area (Å²) in [4.78, 5) is 10.9. The van der Waals surface area contributed by atoms with Gasteiger partial charge in [0.15, 0.2) is 0 Å². The third-order valence-corrected chi connectivity index (χ3v) is 3.63. The van der Waals surface area contributed by atoms with Gasteiger partial charge < -0.3 is 15.3 Å². The van der Waals surface area contributed by atoms with Crippen molar-refractivity contribution < 1.29 is 5.11 Å². The lowest BCUT2D eigenvalue weighted by atomic mass is 10.0. The van der Waals surface area contributed by atoms with Crippen LogP contribution in [-0.2, 0) is 0 Å². The van der Waals surface area contributed by atoms with Gasteiger partial charge in [-0.25, -0.2) is 4.98 Å². The molecule has 2 N–H and O–H groups in total. The van der Waals surface area contributed by atoms with Gasteiger partial charge in [-0.2, -0.15) is 4.98 Å². The third-order valence-electron chi connectivity index (χ3n) is 3.63. The Morgan fingerprint density at radius 3 is 2.68 bits per heavy atom. The van der Waals surface area contributed by atoms with E-state index in [1.54, 1.807) is 0 Å². The lowest BCUT2D eigenvalue weighted by Gasteiger charge is -2.29. The summed E-state index contributed by atoms with van der Waals surface area (Å²) in [6.07, 6.45) is 4.02. The van der Waals surface area contributed by atoms with E-state index in [0.717, 1.165) is 43.7 Å². The Hall–Kier alpha value is -1.36. The van der Waals surface area contributed by atoms with Crippen molar-refractivity contribution in [3.63, 3.8) is 0 Å². The molecule has 2 rings (SSSR count). The molecule has 0 saturated heterocycles. The molecule has 0 radical (unpaired) electrons. The van der Waals surface area contributed by atoms with Crippen LogP contribution in [0, 0.1) is 6.92 Å². The van der Waals surface area contributed by atoms with Crippen LogP contribution in [0.5, 0.6) is 0 Å². The molecule has 0 spiro atoms. The van der Waals surface area contributed by atoms with Crippen molar-refractivity contribution in [1.82, 2.24) is 9.97 Å². The van der Waals surface area contributed by atoms with Crippen molar-refractivity contribution in [3.8, 4) is 0 Å². The minimum absolute atomic E-state index is 0.550. The summed E-state index contributed by atoms with van der Waals surface area (Å²) in [6, 6.07) is 1.96. The van der Waals surface area contributed by atoms with Crippen LogP contribution in [0.4, 0.5) is 11.8 Å². The quantitative estimate of drug-likeness (QED) is 0.851. The van der Waals surface area contributed by atoms with Crippen LogP contribution in [0.2, 0.25) is 0 Å². The largest absolute Gasteiger partial charge is 0.388 e. The summed E-state index contributed by atoms with van der Waals surface area (Å²) in [5, 5.41) is 13.6. The Bertz CT molecular complexity index is 429. The highest BCUT2D eigenvalue weighted by Gasteiger charge is 2.32. The van der Waals surface area contributed by atoms with Crippen LogP contribution in [-0.4, -0.2) is 40.8 Å². The van der Waals surface area contributed by atoms with E-state index in [1.807, 2.05) is 31.9 Å². The summed E-state index contributed by atoms with van der Waals surface area (Å²) in [6.45, 7) is 5.42. The van der Waals surface area contributed by atoms with Crippen molar-refractivity contribution in [3.05, 3.63) is 11.8 Å². The molecule has 1 aliphatic rings. The molecule has 1 aromatic rings. The average molecular weight is 264 g/mol. The van der Waals surface area contributed by atoms with Gasteiger partial charge in [-0.15, -0.1) is 0 Å². The Balaban J connectivity index is 2.11. The Kier molecular flexibility index (Phi) is 4.24. The Morgan fingerprint density at radius 1 is 1.37 bits per heavy atom. The Morgan fingerprint density at radius 2 is 2.05 bits per heavy atom. The van der Waals surface area contributed by atoms with Gasteiger partial charge in [0.1, 0.15) is 5.82 Å². The molecule has 1 saturated carbocycles. The summed E-state index contributed by atoms with van der Waals surface area (Å²) < 4.78 is 0. The maximum absolute atomic E-state index is 10.5. The van der Waals surface area contributed by atoms with E-state index in [0.29, 0.717) is 12.5 Å². The second kappa shape index (κ2) is 5.74. The number of likely N-dealkylation sites (N-methyl/N-ethyl adjacent to an activating group) is 1. The molecule has 1 heterocycles. The van der Waals surface area contributed by atoms with Crippen LogP contribution in [0.15, 0.2) is 6.07 Å². The van der Waals surface area contributed by atoms with E-state index in [-0.39, 0.29) is 0 Å². The second-order valence-corrected chi connectivity index (χ2v) is 5.51. The van der Waals surface area contributed by atoms with E-state index in [4.69, 9.17) is 0 Å². The SMILES string of the molecule is CCNc1nc(C)cc(N(C)CC2(O)CCCC2)n1. The van der Waals surface area contributed by atoms with Gasteiger partial charge in [-0.05, 0) is 26.7 Å². The van der Waals surface area contributed by atoms with Crippen molar-refractivity contribution in [1.29, 1.82) is 0 Å². The fourth-order valence-electron chi connectivity index (χ4n) is 2.70. The van der Waals surface area contributed by atoms with E-state index in [1.165, 1.54) is 0 Å². The first-order valence-corrected chi connectivity index (χ1v) is 7.05. The maximum Gasteiger partial charge on any atom is 0.224 e. The van der Waals surface area contributed by atoms with Crippen molar-refractivity contribution in [2.24, 2.45) is 0 Å². The highest BCUT2D eigenvalue weighted by Crippen LogP contribution is 2.31. The summed E-state index contributed by atoms with van der Waals surface area (Å²) in [5.74, 6) is 1.52. The van der Waals surface area contributed by atoms with Crippen molar-refractivity contribution in [2.45, 2.75) is 45.1 Å². The molecule has 19 heavy (non-hydrogen) atoms. The van der Waals surface area contributed by atoms with Gasteiger partial charge in [0.05, 0.1) is 5.60 Å². The molecule has 5 nitrogen and oxygen atoms in total. The molecule has 1 fully saturated rings. The Labute approximate surface area is 115 Å². The number of aryl methyl sites for hydroxylation is 1. The van der Waals surface area contributed by atoms with Crippen LogP contribution in [0.25, 0.3) is 0 Å². The lowest BCUT2D eigenvalue weighted by Crippen LogP contribution is -2.39. The van der Waals surface area contributed by atoms with Gasteiger partial charge in [0.2, 0.25) is 5.95 Å². The number of anilines is 2. The van der Waals surface area contributed by atoms with E-state index in [2.05, 4.69) is 15.3 Å². The number of nitrogens with one attached hydrogen (secondary N) is 1. The number of rotatable bonds is 5. The molecule has 0 amide bonds. The zero-order valence-electron chi connectivity index (χ0n) is 12.1. The molecule has 0 atom stereocenters. The fraction of sp³-hybridized carbons (Fsp3) is 0.714. The van der Waals surface area contributed by atoms with E-state index in [9.17, 15) is 5.11 Å². The highest BCUT2D eigenvalue weighted by atomic mass is 16.3. The van der Waals surface area contributed by atoms with E-state index < -0.39 is 5.60 Å². The zero-order chi connectivity index (χ0) is 13.9. The summed E-state index contributed by atoms with van der Waals surface area (Å²) in [7, 11) is 1.98. The molecule has 5 heteroatoms. The molecule has 106 valence electrons.